The number of hydrazone groups is 1. The van der Waals surface area contributed by atoms with E-state index >= 15 is 0 Å². The topological polar surface area (TPSA) is 126 Å². The van der Waals surface area contributed by atoms with Gasteiger partial charge in [0.15, 0.2) is 5.54 Å². The number of primary amides is 1. The van der Waals surface area contributed by atoms with Crippen molar-refractivity contribution in [2.45, 2.75) is 12.5 Å². The van der Waals surface area contributed by atoms with E-state index in [9.17, 15) is 14.4 Å². The zero-order valence-corrected chi connectivity index (χ0v) is 7.33. The lowest BCUT2D eigenvalue weighted by Crippen LogP contribution is -2.46. The minimum atomic E-state index is -1.25. The average Bonchev–Trinajstić information content (AvgIpc) is 2.25. The fourth-order valence-electron chi connectivity index (χ4n) is 0.873. The second-order valence-corrected chi connectivity index (χ2v) is 2.84. The molecule has 0 bridgehead atoms. The Hall–Kier alpha value is -2.12. The summed E-state index contributed by atoms with van der Waals surface area (Å²) in [5, 5.41) is 7.72. The quantitative estimate of drug-likeness (QED) is 0.239. The zero-order valence-electron chi connectivity index (χ0n) is 7.33. The molecule has 76 valence electrons. The Morgan fingerprint density at radius 1 is 1.64 bits per heavy atom. The second-order valence-electron chi connectivity index (χ2n) is 2.84. The van der Waals surface area contributed by atoms with Crippen LogP contribution in [0.4, 0.5) is 9.59 Å². The van der Waals surface area contributed by atoms with Crippen molar-refractivity contribution in [2.24, 2.45) is 10.8 Å². The highest BCUT2D eigenvalue weighted by Crippen LogP contribution is 2.05. The zero-order chi connectivity index (χ0) is 10.8. The van der Waals surface area contributed by atoms with E-state index in [4.69, 9.17) is 5.73 Å². The van der Waals surface area contributed by atoms with Crippen LogP contribution in [0.25, 0.3) is 0 Å². The molecular formula is C6H9N5O3. The SMILES string of the molecule is C[C@@]1(/C=N\NC(N)=O)NC(=O)NC1=O. The molecule has 5 amide bonds. The van der Waals surface area contributed by atoms with Crippen molar-refractivity contribution in [3.63, 3.8) is 0 Å². The number of nitrogens with one attached hydrogen (secondary N) is 3. The van der Waals surface area contributed by atoms with Gasteiger partial charge < -0.3 is 11.1 Å². The maximum absolute atomic E-state index is 11.2. The van der Waals surface area contributed by atoms with E-state index in [1.54, 1.807) is 0 Å². The maximum atomic E-state index is 11.2. The lowest BCUT2D eigenvalue weighted by molar-refractivity contribution is -0.121. The third-order valence-electron chi connectivity index (χ3n) is 1.57. The summed E-state index contributed by atoms with van der Waals surface area (Å²) in [6.45, 7) is 1.43. The first-order chi connectivity index (χ1) is 6.44. The van der Waals surface area contributed by atoms with E-state index < -0.39 is 23.5 Å². The summed E-state index contributed by atoms with van der Waals surface area (Å²) in [5.41, 5.74) is 5.39. The van der Waals surface area contributed by atoms with Gasteiger partial charge >= 0.3 is 12.1 Å². The highest BCUT2D eigenvalue weighted by Gasteiger charge is 2.40. The summed E-state index contributed by atoms with van der Waals surface area (Å²) in [6.07, 6.45) is 1.08. The summed E-state index contributed by atoms with van der Waals surface area (Å²) in [5.74, 6) is -0.544. The van der Waals surface area contributed by atoms with Crippen molar-refractivity contribution in [1.29, 1.82) is 0 Å². The molecule has 0 spiro atoms. The molecule has 1 atom stereocenters. The van der Waals surface area contributed by atoms with Crippen LogP contribution in [-0.4, -0.2) is 29.7 Å². The summed E-state index contributed by atoms with van der Waals surface area (Å²) in [6, 6.07) is -1.46. The number of hydrogen-bond acceptors (Lipinski definition) is 4. The summed E-state index contributed by atoms with van der Waals surface area (Å²) < 4.78 is 0. The molecule has 0 unspecified atom stereocenters. The van der Waals surface area contributed by atoms with Gasteiger partial charge in [-0.05, 0) is 6.92 Å². The Kier molecular flexibility index (Phi) is 2.36. The summed E-state index contributed by atoms with van der Waals surface area (Å²) >= 11 is 0. The van der Waals surface area contributed by atoms with Gasteiger partial charge in [-0.15, -0.1) is 0 Å². The molecular weight excluding hydrogens is 190 g/mol. The Bertz CT molecular complexity index is 325. The van der Waals surface area contributed by atoms with Gasteiger partial charge in [0.1, 0.15) is 0 Å². The second kappa shape index (κ2) is 3.32. The molecule has 0 aromatic carbocycles. The van der Waals surface area contributed by atoms with Crippen LogP contribution in [-0.2, 0) is 4.79 Å². The number of urea groups is 2. The third-order valence-corrected chi connectivity index (χ3v) is 1.57. The number of hydrogen-bond donors (Lipinski definition) is 4. The van der Waals surface area contributed by atoms with Crippen LogP contribution in [0.2, 0.25) is 0 Å². The highest BCUT2D eigenvalue weighted by molar-refractivity contribution is 6.16. The van der Waals surface area contributed by atoms with E-state index in [1.165, 1.54) is 6.92 Å². The molecule has 0 saturated carbocycles. The number of nitrogens with two attached hydrogens (primary N) is 1. The maximum Gasteiger partial charge on any atom is 0.332 e. The molecule has 1 heterocycles. The van der Waals surface area contributed by atoms with Crippen LogP contribution in [0.15, 0.2) is 5.10 Å². The van der Waals surface area contributed by atoms with Crippen molar-refractivity contribution < 1.29 is 14.4 Å². The summed E-state index contributed by atoms with van der Waals surface area (Å²) in [7, 11) is 0. The first kappa shape index (κ1) is 9.96. The molecule has 1 fully saturated rings. The van der Waals surface area contributed by atoms with Crippen LogP contribution in [0.5, 0.6) is 0 Å². The minimum Gasteiger partial charge on any atom is -0.350 e. The van der Waals surface area contributed by atoms with Crippen molar-refractivity contribution in [3.05, 3.63) is 0 Å². The molecule has 5 N–H and O–H groups in total. The number of amides is 5. The summed E-state index contributed by atoms with van der Waals surface area (Å²) in [4.78, 5) is 32.1. The number of carbonyl (C=O) groups excluding carboxylic acids is 3. The average molecular weight is 199 g/mol. The number of imide groups is 1. The fraction of sp³-hybridized carbons (Fsp3) is 0.333. The highest BCUT2D eigenvalue weighted by atomic mass is 16.2. The predicted octanol–water partition coefficient (Wildman–Crippen LogP) is -1.76. The third kappa shape index (κ3) is 1.97. The van der Waals surface area contributed by atoms with Crippen LogP contribution >= 0.6 is 0 Å². The monoisotopic (exact) mass is 199 g/mol. The standard InChI is InChI=1S/C6H9N5O3/c1-6(2-8-11-4(7)13)3(12)9-5(14)10-6/h2H,1H3,(H3,7,11,13)(H2,9,10,12,14)/b8-2-/t6-/m0/s1. The molecule has 1 rings (SSSR count). The molecule has 0 aromatic rings. The van der Waals surface area contributed by atoms with E-state index in [0.29, 0.717) is 0 Å². The van der Waals surface area contributed by atoms with Crippen molar-refractivity contribution >= 4 is 24.2 Å². The molecule has 1 saturated heterocycles. The van der Waals surface area contributed by atoms with Gasteiger partial charge in [0.05, 0.1) is 6.21 Å². The van der Waals surface area contributed by atoms with E-state index in [1.807, 2.05) is 10.7 Å². The van der Waals surface area contributed by atoms with Gasteiger partial charge in [-0.1, -0.05) is 0 Å². The van der Waals surface area contributed by atoms with Gasteiger partial charge in [0.2, 0.25) is 0 Å². The molecule has 0 aromatic heterocycles. The molecule has 14 heavy (non-hydrogen) atoms. The van der Waals surface area contributed by atoms with Crippen LogP contribution in [0.3, 0.4) is 0 Å². The molecule has 8 nitrogen and oxygen atoms in total. The van der Waals surface area contributed by atoms with E-state index in [0.717, 1.165) is 6.21 Å². The van der Waals surface area contributed by atoms with Crippen LogP contribution < -0.4 is 21.8 Å². The first-order valence-corrected chi connectivity index (χ1v) is 3.67. The molecule has 0 radical (unpaired) electrons. The van der Waals surface area contributed by atoms with Gasteiger partial charge in [-0.3, -0.25) is 10.1 Å². The van der Waals surface area contributed by atoms with Crippen LogP contribution in [0, 0.1) is 0 Å². The molecule has 8 heteroatoms. The van der Waals surface area contributed by atoms with Gasteiger partial charge in [0, 0.05) is 0 Å². The molecule has 1 aliphatic rings. The van der Waals surface area contributed by atoms with E-state index in [2.05, 4.69) is 10.4 Å². The number of rotatable bonds is 2. The first-order valence-electron chi connectivity index (χ1n) is 3.67. The van der Waals surface area contributed by atoms with Gasteiger partial charge in [-0.25, -0.2) is 15.0 Å². The smallest absolute Gasteiger partial charge is 0.332 e. The number of carbonyl (C=O) groups is 3. The Balaban J connectivity index is 2.67. The van der Waals surface area contributed by atoms with Gasteiger partial charge in [-0.2, -0.15) is 5.10 Å². The lowest BCUT2D eigenvalue weighted by atomic mass is 10.1. The van der Waals surface area contributed by atoms with Crippen molar-refractivity contribution in [2.75, 3.05) is 0 Å². The normalized spacial score (nSPS) is 26.1. The predicted molar refractivity (Wildman–Crippen MR) is 46.3 cm³/mol. The molecule has 1 aliphatic heterocycles. The van der Waals surface area contributed by atoms with Crippen molar-refractivity contribution in [3.8, 4) is 0 Å². The Morgan fingerprint density at radius 3 is 2.71 bits per heavy atom. The lowest BCUT2D eigenvalue weighted by Gasteiger charge is -2.13. The Labute approximate surface area is 78.9 Å². The Morgan fingerprint density at radius 2 is 2.29 bits per heavy atom. The largest absolute Gasteiger partial charge is 0.350 e. The molecule has 0 aliphatic carbocycles. The fourth-order valence-corrected chi connectivity index (χ4v) is 0.873. The van der Waals surface area contributed by atoms with Gasteiger partial charge in [0.25, 0.3) is 5.91 Å². The minimum absolute atomic E-state index is 0.544. The van der Waals surface area contributed by atoms with Crippen molar-refractivity contribution in [1.82, 2.24) is 16.1 Å². The van der Waals surface area contributed by atoms with E-state index in [-0.39, 0.29) is 0 Å². The van der Waals surface area contributed by atoms with Crippen LogP contribution in [0.1, 0.15) is 6.92 Å². The number of nitrogens with zero attached hydrogens (tertiary/aromatic N) is 1.